The molecule has 0 bridgehead atoms. The number of amides is 1. The Morgan fingerprint density at radius 2 is 2.23 bits per heavy atom. The van der Waals surface area contributed by atoms with Crippen LogP contribution in [-0.4, -0.2) is 40.5 Å². The third-order valence-corrected chi connectivity index (χ3v) is 4.61. The predicted molar refractivity (Wildman–Crippen MR) is 81.4 cm³/mol. The fourth-order valence-corrected chi connectivity index (χ4v) is 3.50. The summed E-state index contributed by atoms with van der Waals surface area (Å²) in [6, 6.07) is 1.23. The highest BCUT2D eigenvalue weighted by atomic mass is 16.5. The first kappa shape index (κ1) is 15.2. The predicted octanol–water partition coefficient (Wildman–Crippen LogP) is 1.56. The van der Waals surface area contributed by atoms with Crippen LogP contribution in [0.4, 0.5) is 0 Å². The highest BCUT2D eigenvalue weighted by molar-refractivity contribution is 5.77. The summed E-state index contributed by atoms with van der Waals surface area (Å²) in [5.41, 5.74) is 0.442. The lowest BCUT2D eigenvalue weighted by Gasteiger charge is -2.35. The number of hydrogen-bond acceptors (Lipinski definition) is 4. The number of rotatable bonds is 3. The molecule has 1 aliphatic heterocycles. The smallest absolute Gasteiger partial charge is 0.251 e. The number of ether oxygens (including phenoxy) is 1. The third kappa shape index (κ3) is 3.38. The van der Waals surface area contributed by atoms with Crippen molar-refractivity contribution < 1.29 is 9.53 Å². The molecule has 6 nitrogen and oxygen atoms in total. The monoisotopic (exact) mass is 305 g/mol. The summed E-state index contributed by atoms with van der Waals surface area (Å²) in [5.74, 6) is 1.25. The molecular weight excluding hydrogens is 282 g/mol. The second-order valence-electron chi connectivity index (χ2n) is 6.29. The number of carbonyl (C=O) groups excluding carboxylic acids is 1. The molecule has 3 rings (SSSR count). The Morgan fingerprint density at radius 1 is 1.45 bits per heavy atom. The van der Waals surface area contributed by atoms with Gasteiger partial charge in [-0.3, -0.25) is 9.59 Å². The zero-order valence-corrected chi connectivity index (χ0v) is 13.0. The molecule has 6 heteroatoms. The first-order valence-electron chi connectivity index (χ1n) is 8.08. The molecule has 2 aliphatic rings. The van der Waals surface area contributed by atoms with Gasteiger partial charge in [-0.05, 0) is 25.7 Å². The van der Waals surface area contributed by atoms with E-state index >= 15 is 0 Å². The second-order valence-corrected chi connectivity index (χ2v) is 6.29. The van der Waals surface area contributed by atoms with Gasteiger partial charge in [0.15, 0.2) is 0 Å². The standard InChI is InChI=1S/C16H23N3O3/c1-11-17-13(9-15(20)18-11)14-10-22-7-6-19(14)16(21)8-12-4-2-3-5-12/h9,12,14H,2-8,10H2,1H3,(H,17,18,20). The Balaban J connectivity index is 1.78. The van der Waals surface area contributed by atoms with E-state index in [-0.39, 0.29) is 17.5 Å². The van der Waals surface area contributed by atoms with Crippen LogP contribution in [0.2, 0.25) is 0 Å². The Morgan fingerprint density at radius 3 is 2.95 bits per heavy atom. The summed E-state index contributed by atoms with van der Waals surface area (Å²) in [6.45, 7) is 3.28. The van der Waals surface area contributed by atoms with Gasteiger partial charge < -0.3 is 14.6 Å². The first-order chi connectivity index (χ1) is 10.6. The highest BCUT2D eigenvalue weighted by Gasteiger charge is 2.31. The van der Waals surface area contributed by atoms with E-state index in [0.29, 0.717) is 43.6 Å². The molecule has 2 heterocycles. The quantitative estimate of drug-likeness (QED) is 0.919. The largest absolute Gasteiger partial charge is 0.377 e. The Labute approximate surface area is 129 Å². The molecule has 1 aliphatic carbocycles. The number of aromatic nitrogens is 2. The van der Waals surface area contributed by atoms with Gasteiger partial charge in [0.2, 0.25) is 5.91 Å². The molecule has 1 saturated heterocycles. The van der Waals surface area contributed by atoms with Crippen molar-refractivity contribution in [2.75, 3.05) is 19.8 Å². The maximum Gasteiger partial charge on any atom is 0.251 e. The minimum Gasteiger partial charge on any atom is -0.377 e. The van der Waals surface area contributed by atoms with Gasteiger partial charge in [0.25, 0.3) is 5.56 Å². The molecule has 120 valence electrons. The van der Waals surface area contributed by atoms with Crippen molar-refractivity contribution >= 4 is 5.91 Å². The lowest BCUT2D eigenvalue weighted by molar-refractivity contribution is -0.141. The van der Waals surface area contributed by atoms with E-state index in [1.54, 1.807) is 6.92 Å². The average molecular weight is 305 g/mol. The number of hydrogen-bond donors (Lipinski definition) is 1. The van der Waals surface area contributed by atoms with E-state index in [1.165, 1.54) is 18.9 Å². The molecule has 1 unspecified atom stereocenters. The van der Waals surface area contributed by atoms with E-state index in [9.17, 15) is 9.59 Å². The number of morpholine rings is 1. The molecule has 1 saturated carbocycles. The molecular formula is C16H23N3O3. The van der Waals surface area contributed by atoms with Crippen molar-refractivity contribution in [3.8, 4) is 0 Å². The number of H-pyrrole nitrogens is 1. The molecule has 1 N–H and O–H groups in total. The molecule has 1 amide bonds. The van der Waals surface area contributed by atoms with Crippen LogP contribution >= 0.6 is 0 Å². The van der Waals surface area contributed by atoms with E-state index in [2.05, 4.69) is 9.97 Å². The SMILES string of the molecule is Cc1nc(C2COCCN2C(=O)CC2CCCC2)cc(=O)[nH]1. The fourth-order valence-electron chi connectivity index (χ4n) is 3.50. The Bertz CT molecular complexity index is 593. The second kappa shape index (κ2) is 6.60. The van der Waals surface area contributed by atoms with Crippen LogP contribution in [0.25, 0.3) is 0 Å². The number of aryl methyl sites for hydroxylation is 1. The lowest BCUT2D eigenvalue weighted by Crippen LogP contribution is -2.44. The van der Waals surface area contributed by atoms with Crippen molar-refractivity contribution in [2.45, 2.75) is 45.1 Å². The Hall–Kier alpha value is -1.69. The molecule has 0 aromatic carbocycles. The topological polar surface area (TPSA) is 75.3 Å². The van der Waals surface area contributed by atoms with Gasteiger partial charge in [-0.2, -0.15) is 0 Å². The number of aromatic amines is 1. The summed E-state index contributed by atoms with van der Waals surface area (Å²) >= 11 is 0. The summed E-state index contributed by atoms with van der Waals surface area (Å²) < 4.78 is 5.52. The van der Waals surface area contributed by atoms with Crippen LogP contribution in [0.15, 0.2) is 10.9 Å². The zero-order chi connectivity index (χ0) is 15.5. The van der Waals surface area contributed by atoms with Crippen LogP contribution in [0.3, 0.4) is 0 Å². The molecule has 0 spiro atoms. The summed E-state index contributed by atoms with van der Waals surface area (Å²) in [4.78, 5) is 33.2. The van der Waals surface area contributed by atoms with Crippen molar-refractivity contribution in [2.24, 2.45) is 5.92 Å². The molecule has 1 aromatic heterocycles. The minimum atomic E-state index is -0.247. The van der Waals surface area contributed by atoms with E-state index in [1.807, 2.05) is 4.90 Å². The molecule has 22 heavy (non-hydrogen) atoms. The third-order valence-electron chi connectivity index (χ3n) is 4.61. The summed E-state index contributed by atoms with van der Waals surface area (Å²) in [5, 5.41) is 0. The fraction of sp³-hybridized carbons (Fsp3) is 0.688. The number of carbonyl (C=O) groups is 1. The van der Waals surface area contributed by atoms with Crippen LogP contribution in [0.1, 0.15) is 49.7 Å². The molecule has 1 atom stereocenters. The van der Waals surface area contributed by atoms with Gasteiger partial charge in [-0.25, -0.2) is 4.98 Å². The summed E-state index contributed by atoms with van der Waals surface area (Å²) in [7, 11) is 0. The van der Waals surface area contributed by atoms with Crippen molar-refractivity contribution in [3.63, 3.8) is 0 Å². The first-order valence-corrected chi connectivity index (χ1v) is 8.08. The number of nitrogens with one attached hydrogen (secondary N) is 1. The van der Waals surface area contributed by atoms with Gasteiger partial charge in [0, 0.05) is 19.0 Å². The van der Waals surface area contributed by atoms with E-state index in [0.717, 1.165) is 12.8 Å². The van der Waals surface area contributed by atoms with Gasteiger partial charge in [0.05, 0.1) is 24.9 Å². The molecule has 2 fully saturated rings. The van der Waals surface area contributed by atoms with Gasteiger partial charge in [-0.15, -0.1) is 0 Å². The maximum absolute atomic E-state index is 12.7. The van der Waals surface area contributed by atoms with E-state index in [4.69, 9.17) is 4.74 Å². The number of nitrogens with zero attached hydrogens (tertiary/aromatic N) is 2. The average Bonchev–Trinajstić information content (AvgIpc) is 2.99. The summed E-state index contributed by atoms with van der Waals surface area (Å²) in [6.07, 6.45) is 5.39. The molecule has 0 radical (unpaired) electrons. The van der Waals surface area contributed by atoms with Crippen LogP contribution in [0, 0.1) is 12.8 Å². The Kier molecular flexibility index (Phi) is 4.57. The van der Waals surface area contributed by atoms with Gasteiger partial charge >= 0.3 is 0 Å². The molecule has 1 aromatic rings. The van der Waals surface area contributed by atoms with Crippen molar-refractivity contribution in [1.29, 1.82) is 0 Å². The normalized spacial score (nSPS) is 23.0. The minimum absolute atomic E-state index is 0.167. The van der Waals surface area contributed by atoms with Crippen molar-refractivity contribution in [3.05, 3.63) is 27.9 Å². The maximum atomic E-state index is 12.7. The van der Waals surface area contributed by atoms with Crippen LogP contribution in [0.5, 0.6) is 0 Å². The highest BCUT2D eigenvalue weighted by Crippen LogP contribution is 2.30. The van der Waals surface area contributed by atoms with Crippen molar-refractivity contribution in [1.82, 2.24) is 14.9 Å². The van der Waals surface area contributed by atoms with Crippen LogP contribution < -0.4 is 5.56 Å². The van der Waals surface area contributed by atoms with Gasteiger partial charge in [-0.1, -0.05) is 12.8 Å². The van der Waals surface area contributed by atoms with E-state index < -0.39 is 0 Å². The van der Waals surface area contributed by atoms with Crippen LogP contribution in [-0.2, 0) is 9.53 Å². The lowest BCUT2D eigenvalue weighted by atomic mass is 10.0. The zero-order valence-electron chi connectivity index (χ0n) is 13.0. The van der Waals surface area contributed by atoms with Gasteiger partial charge in [0.1, 0.15) is 5.82 Å².